The van der Waals surface area contributed by atoms with Gasteiger partial charge in [-0.3, -0.25) is 10.1 Å². The Kier molecular flexibility index (Phi) is 6.40. The Morgan fingerprint density at radius 1 is 1.04 bits per heavy atom. The molecule has 0 fully saturated rings. The Morgan fingerprint density at radius 2 is 1.74 bits per heavy atom. The molecule has 1 N–H and O–H groups in total. The van der Waals surface area contributed by atoms with Crippen LogP contribution in [-0.4, -0.2) is 33.9 Å². The van der Waals surface area contributed by atoms with E-state index >= 15 is 0 Å². The maximum atomic E-state index is 12.0. The number of hydrogen-bond donors (Lipinski definition) is 1. The first kappa shape index (κ1) is 18.4. The lowest BCUT2D eigenvalue weighted by Gasteiger charge is -2.07. The second-order valence-corrected chi connectivity index (χ2v) is 5.91. The lowest BCUT2D eigenvalue weighted by molar-refractivity contribution is -0.118. The number of aromatic nitrogens is 3. The zero-order chi connectivity index (χ0) is 18.9. The van der Waals surface area contributed by atoms with Crippen molar-refractivity contribution in [3.8, 4) is 11.5 Å². The second kappa shape index (κ2) is 9.38. The summed E-state index contributed by atoms with van der Waals surface area (Å²) in [5, 5.41) is 6.87. The van der Waals surface area contributed by atoms with Crippen molar-refractivity contribution in [2.45, 2.75) is 19.9 Å². The molecule has 7 nitrogen and oxygen atoms in total. The van der Waals surface area contributed by atoms with Gasteiger partial charge in [-0.25, -0.2) is 9.67 Å². The van der Waals surface area contributed by atoms with Gasteiger partial charge in [-0.15, -0.1) is 5.10 Å². The number of rotatable bonds is 9. The molecular weight excluding hydrogens is 344 g/mol. The van der Waals surface area contributed by atoms with Gasteiger partial charge in [-0.05, 0) is 36.2 Å². The van der Waals surface area contributed by atoms with Gasteiger partial charge in [0.15, 0.2) is 6.61 Å². The molecule has 0 saturated carbocycles. The van der Waals surface area contributed by atoms with Crippen LogP contribution in [0, 0.1) is 0 Å². The third kappa shape index (κ3) is 5.85. The minimum atomic E-state index is -0.321. The van der Waals surface area contributed by atoms with Crippen molar-refractivity contribution in [2.24, 2.45) is 0 Å². The van der Waals surface area contributed by atoms with Crippen LogP contribution < -0.4 is 14.8 Å². The maximum Gasteiger partial charge on any atom is 0.264 e. The largest absolute Gasteiger partial charge is 0.494 e. The lowest BCUT2D eigenvalue weighted by Crippen LogP contribution is -2.21. The first-order valence-electron chi connectivity index (χ1n) is 8.82. The molecule has 0 aliphatic carbocycles. The van der Waals surface area contributed by atoms with Gasteiger partial charge in [-0.1, -0.05) is 37.3 Å². The smallest absolute Gasteiger partial charge is 0.264 e. The first-order valence-corrected chi connectivity index (χ1v) is 8.82. The molecule has 0 spiro atoms. The summed E-state index contributed by atoms with van der Waals surface area (Å²) in [7, 11) is 0. The minimum absolute atomic E-state index is 0.123. The van der Waals surface area contributed by atoms with E-state index in [0.717, 1.165) is 17.7 Å². The predicted molar refractivity (Wildman–Crippen MR) is 102 cm³/mol. The molecule has 1 aromatic heterocycles. The SMILES string of the molecule is CCCOc1ccc(OCC(=O)Nc2ncn(Cc3ccccc3)n2)cc1. The van der Waals surface area contributed by atoms with Crippen LogP contribution >= 0.6 is 0 Å². The molecule has 27 heavy (non-hydrogen) atoms. The minimum Gasteiger partial charge on any atom is -0.494 e. The Balaban J connectivity index is 1.45. The highest BCUT2D eigenvalue weighted by atomic mass is 16.5. The van der Waals surface area contributed by atoms with Crippen LogP contribution in [0.15, 0.2) is 60.9 Å². The zero-order valence-electron chi connectivity index (χ0n) is 15.2. The summed E-state index contributed by atoms with van der Waals surface area (Å²) in [6.45, 7) is 3.19. The number of hydrogen-bond acceptors (Lipinski definition) is 5. The molecule has 1 heterocycles. The summed E-state index contributed by atoms with van der Waals surface area (Å²) in [6, 6.07) is 17.1. The highest BCUT2D eigenvalue weighted by Gasteiger charge is 2.08. The number of carbonyl (C=O) groups excluding carboxylic acids is 1. The van der Waals surface area contributed by atoms with E-state index in [1.54, 1.807) is 23.1 Å². The molecule has 0 atom stereocenters. The summed E-state index contributed by atoms with van der Waals surface area (Å²) in [5.74, 6) is 1.31. The van der Waals surface area contributed by atoms with Crippen molar-refractivity contribution in [3.63, 3.8) is 0 Å². The van der Waals surface area contributed by atoms with Gasteiger partial charge in [0, 0.05) is 0 Å². The van der Waals surface area contributed by atoms with E-state index in [0.29, 0.717) is 18.9 Å². The van der Waals surface area contributed by atoms with Crippen LogP contribution in [0.5, 0.6) is 11.5 Å². The van der Waals surface area contributed by atoms with E-state index in [1.165, 1.54) is 0 Å². The Labute approximate surface area is 158 Å². The number of carbonyl (C=O) groups is 1. The molecule has 0 aliphatic rings. The molecule has 0 saturated heterocycles. The van der Waals surface area contributed by atoms with Crippen molar-refractivity contribution >= 4 is 11.9 Å². The fourth-order valence-electron chi connectivity index (χ4n) is 2.36. The molecule has 3 aromatic rings. The van der Waals surface area contributed by atoms with Gasteiger partial charge in [-0.2, -0.15) is 0 Å². The third-order valence-electron chi connectivity index (χ3n) is 3.64. The molecule has 0 bridgehead atoms. The summed E-state index contributed by atoms with van der Waals surface area (Å²) < 4.78 is 12.6. The molecule has 0 unspecified atom stereocenters. The van der Waals surface area contributed by atoms with E-state index in [-0.39, 0.29) is 18.5 Å². The van der Waals surface area contributed by atoms with Crippen LogP contribution in [0.4, 0.5) is 5.95 Å². The van der Waals surface area contributed by atoms with Crippen molar-refractivity contribution in [1.82, 2.24) is 14.8 Å². The molecule has 0 aliphatic heterocycles. The second-order valence-electron chi connectivity index (χ2n) is 5.91. The van der Waals surface area contributed by atoms with Crippen molar-refractivity contribution < 1.29 is 14.3 Å². The van der Waals surface area contributed by atoms with E-state index in [4.69, 9.17) is 9.47 Å². The van der Waals surface area contributed by atoms with Crippen molar-refractivity contribution in [1.29, 1.82) is 0 Å². The number of anilines is 1. The van der Waals surface area contributed by atoms with Gasteiger partial charge in [0.25, 0.3) is 5.91 Å². The van der Waals surface area contributed by atoms with Crippen LogP contribution in [0.25, 0.3) is 0 Å². The van der Waals surface area contributed by atoms with E-state index < -0.39 is 0 Å². The summed E-state index contributed by atoms with van der Waals surface area (Å²) >= 11 is 0. The number of amides is 1. The van der Waals surface area contributed by atoms with Crippen LogP contribution in [0.1, 0.15) is 18.9 Å². The number of nitrogens with zero attached hydrogens (tertiary/aromatic N) is 3. The highest BCUT2D eigenvalue weighted by Crippen LogP contribution is 2.17. The van der Waals surface area contributed by atoms with Gasteiger partial charge in [0.05, 0.1) is 13.2 Å². The standard InChI is InChI=1S/C20H22N4O3/c1-2-12-26-17-8-10-18(11-9-17)27-14-19(25)22-20-21-15-24(23-20)13-16-6-4-3-5-7-16/h3-11,15H,2,12-14H2,1H3,(H,22,23,25). The molecule has 0 radical (unpaired) electrons. The predicted octanol–water partition coefficient (Wildman–Crippen LogP) is 3.13. The van der Waals surface area contributed by atoms with Gasteiger partial charge in [0.1, 0.15) is 17.8 Å². The van der Waals surface area contributed by atoms with E-state index in [2.05, 4.69) is 22.3 Å². The zero-order valence-corrected chi connectivity index (χ0v) is 15.2. The van der Waals surface area contributed by atoms with Crippen LogP contribution in [-0.2, 0) is 11.3 Å². The Bertz CT molecular complexity index is 847. The van der Waals surface area contributed by atoms with Gasteiger partial charge < -0.3 is 9.47 Å². The summed E-state index contributed by atoms with van der Waals surface area (Å²) in [5.41, 5.74) is 1.11. The molecule has 1 amide bonds. The molecule has 2 aromatic carbocycles. The normalized spacial score (nSPS) is 10.4. The van der Waals surface area contributed by atoms with Crippen molar-refractivity contribution in [2.75, 3.05) is 18.5 Å². The third-order valence-corrected chi connectivity index (χ3v) is 3.64. The maximum absolute atomic E-state index is 12.0. The lowest BCUT2D eigenvalue weighted by atomic mass is 10.2. The highest BCUT2D eigenvalue weighted by molar-refractivity contribution is 5.90. The van der Waals surface area contributed by atoms with Crippen molar-refractivity contribution in [3.05, 3.63) is 66.5 Å². The van der Waals surface area contributed by atoms with Gasteiger partial charge in [0.2, 0.25) is 5.95 Å². The topological polar surface area (TPSA) is 78.3 Å². The average molecular weight is 366 g/mol. The monoisotopic (exact) mass is 366 g/mol. The Hall–Kier alpha value is -3.35. The van der Waals surface area contributed by atoms with Crippen LogP contribution in [0.2, 0.25) is 0 Å². The molecule has 3 rings (SSSR count). The number of benzene rings is 2. The quantitative estimate of drug-likeness (QED) is 0.629. The fourth-order valence-corrected chi connectivity index (χ4v) is 2.36. The van der Waals surface area contributed by atoms with E-state index in [9.17, 15) is 4.79 Å². The molecule has 7 heteroatoms. The number of nitrogens with one attached hydrogen (secondary N) is 1. The number of ether oxygens (including phenoxy) is 2. The fraction of sp³-hybridized carbons (Fsp3) is 0.250. The molecular formula is C20H22N4O3. The molecule has 140 valence electrons. The van der Waals surface area contributed by atoms with Crippen LogP contribution in [0.3, 0.4) is 0 Å². The van der Waals surface area contributed by atoms with E-state index in [1.807, 2.05) is 42.5 Å². The first-order chi connectivity index (χ1) is 13.2. The van der Waals surface area contributed by atoms with Gasteiger partial charge >= 0.3 is 0 Å². The average Bonchev–Trinajstić information content (AvgIpc) is 3.13. The Morgan fingerprint density at radius 3 is 2.44 bits per heavy atom. The summed E-state index contributed by atoms with van der Waals surface area (Å²) in [4.78, 5) is 16.1. The summed E-state index contributed by atoms with van der Waals surface area (Å²) in [6.07, 6.45) is 2.53.